The van der Waals surface area contributed by atoms with Crippen LogP contribution in [0.15, 0.2) is 191 Å². The fraction of sp³-hybridized carbons (Fsp3) is 0.0204. The largest absolute Gasteiger partial charge is 0.488 e. The number of hydrogen-bond acceptors (Lipinski definition) is 2. The first kappa shape index (κ1) is 38.7. The fourth-order valence-corrected chi connectivity index (χ4v) is 9.07. The third-order valence-electron chi connectivity index (χ3n) is 9.76. The van der Waals surface area contributed by atoms with Crippen molar-refractivity contribution in [3.63, 3.8) is 0 Å². The van der Waals surface area contributed by atoms with Gasteiger partial charge in [-0.05, 0) is 140 Å². The quantitative estimate of drug-likeness (QED) is 0.103. The maximum absolute atomic E-state index is 9.42. The Labute approximate surface area is 352 Å². The van der Waals surface area contributed by atoms with Crippen LogP contribution < -0.4 is 5.46 Å². The molecular weight excluding hydrogens is 918 g/mol. The molecule has 0 saturated heterocycles. The lowest BCUT2D eigenvalue weighted by atomic mass is 9.78. The second kappa shape index (κ2) is 17.1. The van der Waals surface area contributed by atoms with E-state index in [0.717, 1.165) is 25.1 Å². The molecule has 268 valence electrons. The SMILES string of the molecule is Brc1cccc(-c2ccc3c4ccccc4c4ccccc4c3c2)c1.Brc1cccc(I)c1.C.OB(O)c1ccc2c3ccccc3c3ccccc3c2c1. The molecule has 55 heavy (non-hydrogen) atoms. The summed E-state index contributed by atoms with van der Waals surface area (Å²) in [6, 6.07) is 63.0. The Hall–Kier alpha value is -4.57. The van der Waals surface area contributed by atoms with Crippen LogP contribution in [0.5, 0.6) is 0 Å². The minimum atomic E-state index is -1.44. The van der Waals surface area contributed by atoms with Crippen molar-refractivity contribution in [1.29, 1.82) is 0 Å². The number of benzene rings is 10. The highest BCUT2D eigenvalue weighted by atomic mass is 127. The maximum Gasteiger partial charge on any atom is 0.488 e. The second-order valence-corrected chi connectivity index (χ2v) is 16.1. The Morgan fingerprint density at radius 1 is 0.345 bits per heavy atom. The van der Waals surface area contributed by atoms with Gasteiger partial charge in [0.05, 0.1) is 0 Å². The number of hydrogen-bond donors (Lipinski definition) is 2. The van der Waals surface area contributed by atoms with Crippen LogP contribution in [0.25, 0.3) is 75.8 Å². The second-order valence-electron chi connectivity index (χ2n) is 13.1. The highest BCUT2D eigenvalue weighted by Gasteiger charge is 2.14. The van der Waals surface area contributed by atoms with E-state index >= 15 is 0 Å². The summed E-state index contributed by atoms with van der Waals surface area (Å²) in [7, 11) is -1.44. The highest BCUT2D eigenvalue weighted by Crippen LogP contribution is 2.38. The van der Waals surface area contributed by atoms with Crippen LogP contribution in [0.2, 0.25) is 0 Å². The molecular formula is C49H36BBr2IO2. The summed E-state index contributed by atoms with van der Waals surface area (Å²) in [6.07, 6.45) is 0. The van der Waals surface area contributed by atoms with Crippen LogP contribution in [0, 0.1) is 3.57 Å². The van der Waals surface area contributed by atoms with Crippen LogP contribution in [0.3, 0.4) is 0 Å². The smallest absolute Gasteiger partial charge is 0.423 e. The zero-order valence-electron chi connectivity index (χ0n) is 28.9. The molecule has 0 aliphatic carbocycles. The minimum absolute atomic E-state index is 0. The van der Waals surface area contributed by atoms with Crippen molar-refractivity contribution in [3.05, 3.63) is 195 Å². The van der Waals surface area contributed by atoms with Crippen LogP contribution >= 0.6 is 54.5 Å². The van der Waals surface area contributed by atoms with Gasteiger partial charge in [-0.25, -0.2) is 0 Å². The average Bonchev–Trinajstić information content (AvgIpc) is 3.21. The molecule has 0 radical (unpaired) electrons. The van der Waals surface area contributed by atoms with Gasteiger partial charge in [-0.1, -0.05) is 185 Å². The molecule has 2 nitrogen and oxygen atoms in total. The molecule has 0 heterocycles. The number of fused-ring (bicyclic) bond motifs is 12. The summed E-state index contributed by atoms with van der Waals surface area (Å²) in [5.41, 5.74) is 2.99. The van der Waals surface area contributed by atoms with Crippen molar-refractivity contribution in [1.82, 2.24) is 0 Å². The van der Waals surface area contributed by atoms with E-state index in [9.17, 15) is 10.0 Å². The van der Waals surface area contributed by atoms with E-state index in [4.69, 9.17) is 0 Å². The zero-order chi connectivity index (χ0) is 37.2. The van der Waals surface area contributed by atoms with Gasteiger partial charge in [-0.3, -0.25) is 0 Å². The summed E-state index contributed by atoms with van der Waals surface area (Å²) >= 11 is 9.21. The van der Waals surface area contributed by atoms with Gasteiger partial charge in [0.15, 0.2) is 0 Å². The molecule has 0 spiro atoms. The molecule has 0 aliphatic heterocycles. The van der Waals surface area contributed by atoms with Gasteiger partial charge in [0.2, 0.25) is 0 Å². The van der Waals surface area contributed by atoms with Crippen molar-refractivity contribution >= 4 is 132 Å². The van der Waals surface area contributed by atoms with Crippen molar-refractivity contribution < 1.29 is 10.0 Å². The van der Waals surface area contributed by atoms with Gasteiger partial charge in [0.25, 0.3) is 0 Å². The Balaban J connectivity index is 0.000000141. The Kier molecular flexibility index (Phi) is 12.0. The molecule has 0 bridgehead atoms. The minimum Gasteiger partial charge on any atom is -0.423 e. The molecule has 10 aromatic rings. The zero-order valence-corrected chi connectivity index (χ0v) is 34.3. The van der Waals surface area contributed by atoms with E-state index < -0.39 is 7.12 Å². The molecule has 0 unspecified atom stereocenters. The van der Waals surface area contributed by atoms with Gasteiger partial charge >= 0.3 is 7.12 Å². The Morgan fingerprint density at radius 2 is 0.709 bits per heavy atom. The third kappa shape index (κ3) is 8.07. The molecule has 10 rings (SSSR count). The number of rotatable bonds is 2. The predicted octanol–water partition coefficient (Wildman–Crippen LogP) is 14.1. The van der Waals surface area contributed by atoms with Gasteiger partial charge in [0.1, 0.15) is 0 Å². The summed E-state index contributed by atoms with van der Waals surface area (Å²) in [6.45, 7) is 0. The van der Waals surface area contributed by atoms with E-state index in [1.165, 1.54) is 63.2 Å². The topological polar surface area (TPSA) is 40.5 Å². The monoisotopic (exact) mass is 952 g/mol. The van der Waals surface area contributed by atoms with E-state index in [0.29, 0.717) is 5.46 Å². The molecule has 2 N–H and O–H groups in total. The molecule has 6 heteroatoms. The van der Waals surface area contributed by atoms with E-state index in [1.54, 1.807) is 6.07 Å². The van der Waals surface area contributed by atoms with Gasteiger partial charge in [0, 0.05) is 12.5 Å². The number of halogens is 3. The Bertz CT molecular complexity index is 2890. The maximum atomic E-state index is 9.42. The van der Waals surface area contributed by atoms with Crippen LogP contribution in [-0.4, -0.2) is 17.2 Å². The standard InChI is InChI=1S/C24H15Br.C18H13BO2.C6H4BrI.CH4/c25-18-7-5-6-16(14-18)17-12-13-23-21-10-2-1-8-19(21)20-9-3-4-11-22(20)24(23)15-17;20-19(21)12-9-10-17-15-7-2-1-5-13(15)14-6-3-4-8-16(14)18(17)11-12;7-5-2-1-3-6(8)4-5;/h1-15H;1-11,20-21H;1-4H;1H4. The lowest BCUT2D eigenvalue weighted by molar-refractivity contribution is 0.426. The molecule has 10 aromatic carbocycles. The predicted molar refractivity (Wildman–Crippen MR) is 254 cm³/mol. The van der Waals surface area contributed by atoms with E-state index in [-0.39, 0.29) is 7.43 Å². The first-order valence-electron chi connectivity index (χ1n) is 17.6. The molecule has 0 fully saturated rings. The lowest BCUT2D eigenvalue weighted by Crippen LogP contribution is -2.29. The fourth-order valence-electron chi connectivity index (χ4n) is 7.30. The highest BCUT2D eigenvalue weighted by molar-refractivity contribution is 14.1. The van der Waals surface area contributed by atoms with Gasteiger partial charge in [-0.15, -0.1) is 0 Å². The average molecular weight is 954 g/mol. The van der Waals surface area contributed by atoms with Crippen molar-refractivity contribution in [2.24, 2.45) is 0 Å². The van der Waals surface area contributed by atoms with Crippen molar-refractivity contribution in [2.45, 2.75) is 7.43 Å². The van der Waals surface area contributed by atoms with Crippen molar-refractivity contribution in [2.75, 3.05) is 0 Å². The summed E-state index contributed by atoms with van der Waals surface area (Å²) < 4.78 is 3.51. The van der Waals surface area contributed by atoms with Crippen molar-refractivity contribution in [3.8, 4) is 11.1 Å². The first-order valence-corrected chi connectivity index (χ1v) is 20.2. The molecule has 0 amide bonds. The summed E-state index contributed by atoms with van der Waals surface area (Å²) in [5.74, 6) is 0. The third-order valence-corrected chi connectivity index (χ3v) is 11.4. The van der Waals surface area contributed by atoms with Gasteiger partial charge < -0.3 is 10.0 Å². The Morgan fingerprint density at radius 3 is 1.11 bits per heavy atom. The van der Waals surface area contributed by atoms with Crippen LogP contribution in [-0.2, 0) is 0 Å². The summed E-state index contributed by atoms with van der Waals surface area (Å²) in [4.78, 5) is 0. The first-order chi connectivity index (χ1) is 26.4. The normalized spacial score (nSPS) is 10.9. The lowest BCUT2D eigenvalue weighted by Gasteiger charge is -2.12. The van der Waals surface area contributed by atoms with Crippen LogP contribution in [0.4, 0.5) is 0 Å². The molecule has 0 aromatic heterocycles. The van der Waals surface area contributed by atoms with Gasteiger partial charge in [-0.2, -0.15) is 0 Å². The van der Waals surface area contributed by atoms with E-state index in [1.807, 2.05) is 48.5 Å². The molecule has 0 aliphatic rings. The summed E-state index contributed by atoms with van der Waals surface area (Å²) in [5, 5.41) is 33.6. The van der Waals surface area contributed by atoms with Crippen LogP contribution in [0.1, 0.15) is 7.43 Å². The molecule has 0 atom stereocenters. The molecule has 0 saturated carbocycles. The van der Waals surface area contributed by atoms with E-state index in [2.05, 4.69) is 182 Å².